The molecule has 1 aromatic carbocycles. The Morgan fingerprint density at radius 2 is 2.25 bits per heavy atom. The van der Waals surface area contributed by atoms with Gasteiger partial charge >= 0.3 is 0 Å². The minimum absolute atomic E-state index is 0.252. The first-order valence-corrected chi connectivity index (χ1v) is 7.49. The predicted octanol–water partition coefficient (Wildman–Crippen LogP) is 4.15. The van der Waals surface area contributed by atoms with Crippen LogP contribution in [0.1, 0.15) is 4.88 Å². The van der Waals surface area contributed by atoms with Gasteiger partial charge in [0, 0.05) is 11.0 Å². The Labute approximate surface area is 122 Å². The number of carbonyl (C=O) groups excluding carboxylic acids is 1. The molecule has 1 amide bonds. The lowest BCUT2D eigenvalue weighted by molar-refractivity contribution is -0.111. The first kappa shape index (κ1) is 13.0. The molecule has 0 saturated carbocycles. The second-order valence-corrected chi connectivity index (χ2v) is 5.98. The van der Waals surface area contributed by atoms with E-state index < -0.39 is 0 Å². The van der Waals surface area contributed by atoms with Gasteiger partial charge in [-0.2, -0.15) is 0 Å². The highest BCUT2D eigenvalue weighted by atomic mass is 32.1. The molecular formula is C14H9FN2OS2. The van der Waals surface area contributed by atoms with E-state index in [9.17, 15) is 9.18 Å². The Kier molecular flexibility index (Phi) is 3.58. The summed E-state index contributed by atoms with van der Waals surface area (Å²) >= 11 is 2.80. The van der Waals surface area contributed by atoms with E-state index in [1.807, 2.05) is 17.5 Å². The van der Waals surface area contributed by atoms with Crippen molar-refractivity contribution in [1.82, 2.24) is 4.98 Å². The molecule has 3 aromatic rings. The topological polar surface area (TPSA) is 42.0 Å². The van der Waals surface area contributed by atoms with E-state index in [1.165, 1.54) is 29.5 Å². The van der Waals surface area contributed by atoms with E-state index in [0.717, 1.165) is 4.88 Å². The molecule has 1 N–H and O–H groups in total. The van der Waals surface area contributed by atoms with Crippen LogP contribution in [0.4, 0.5) is 9.52 Å². The van der Waals surface area contributed by atoms with Crippen LogP contribution in [-0.4, -0.2) is 10.9 Å². The van der Waals surface area contributed by atoms with Crippen molar-refractivity contribution >= 4 is 50.0 Å². The third-order valence-corrected chi connectivity index (χ3v) is 4.29. The molecule has 2 heterocycles. The second kappa shape index (κ2) is 5.52. The van der Waals surface area contributed by atoms with Crippen LogP contribution in [-0.2, 0) is 4.79 Å². The molecule has 6 heteroatoms. The molecule has 0 aliphatic carbocycles. The lowest BCUT2D eigenvalue weighted by Gasteiger charge is -1.94. The first-order valence-electron chi connectivity index (χ1n) is 5.79. The third kappa shape index (κ3) is 2.92. The zero-order chi connectivity index (χ0) is 13.9. The van der Waals surface area contributed by atoms with Crippen molar-refractivity contribution in [2.75, 3.05) is 5.32 Å². The smallest absolute Gasteiger partial charge is 0.250 e. The zero-order valence-electron chi connectivity index (χ0n) is 10.2. The van der Waals surface area contributed by atoms with Crippen LogP contribution in [0.5, 0.6) is 0 Å². The van der Waals surface area contributed by atoms with Crippen LogP contribution in [0.25, 0.3) is 16.3 Å². The van der Waals surface area contributed by atoms with Crippen molar-refractivity contribution in [3.63, 3.8) is 0 Å². The van der Waals surface area contributed by atoms with Crippen LogP contribution >= 0.6 is 22.7 Å². The number of benzene rings is 1. The lowest BCUT2D eigenvalue weighted by Crippen LogP contribution is -2.06. The number of carbonyl (C=O) groups is 1. The fourth-order valence-corrected chi connectivity index (χ4v) is 3.15. The van der Waals surface area contributed by atoms with Gasteiger partial charge < -0.3 is 0 Å². The zero-order valence-corrected chi connectivity index (χ0v) is 11.8. The molecule has 3 rings (SSSR count). The summed E-state index contributed by atoms with van der Waals surface area (Å²) in [5.41, 5.74) is 0.675. The van der Waals surface area contributed by atoms with Crippen LogP contribution in [0.15, 0.2) is 41.8 Å². The minimum Gasteiger partial charge on any atom is -0.298 e. The van der Waals surface area contributed by atoms with E-state index >= 15 is 0 Å². The Morgan fingerprint density at radius 3 is 3.05 bits per heavy atom. The number of anilines is 1. The summed E-state index contributed by atoms with van der Waals surface area (Å²) in [6.07, 6.45) is 3.20. The Balaban J connectivity index is 1.74. The number of aromatic nitrogens is 1. The number of thiophene rings is 1. The number of hydrogen-bond acceptors (Lipinski definition) is 4. The molecule has 0 atom stereocenters. The van der Waals surface area contributed by atoms with Crippen molar-refractivity contribution in [3.05, 3.63) is 52.5 Å². The fraction of sp³-hybridized carbons (Fsp3) is 0. The van der Waals surface area contributed by atoms with Crippen LogP contribution in [0, 0.1) is 5.82 Å². The average molecular weight is 304 g/mol. The second-order valence-electron chi connectivity index (χ2n) is 3.97. The molecule has 0 aliphatic heterocycles. The van der Waals surface area contributed by atoms with Crippen molar-refractivity contribution < 1.29 is 9.18 Å². The van der Waals surface area contributed by atoms with Gasteiger partial charge in [0.1, 0.15) is 5.82 Å². The average Bonchev–Trinajstić information content (AvgIpc) is 3.04. The largest absolute Gasteiger partial charge is 0.298 e. The summed E-state index contributed by atoms with van der Waals surface area (Å²) in [7, 11) is 0. The molecule has 0 saturated heterocycles. The maximum Gasteiger partial charge on any atom is 0.250 e. The van der Waals surface area contributed by atoms with Crippen LogP contribution in [0.3, 0.4) is 0 Å². The molecule has 0 unspecified atom stereocenters. The van der Waals surface area contributed by atoms with Crippen molar-refractivity contribution in [1.29, 1.82) is 0 Å². The van der Waals surface area contributed by atoms with E-state index in [1.54, 1.807) is 23.5 Å². The summed E-state index contributed by atoms with van der Waals surface area (Å²) < 4.78 is 13.8. The monoisotopic (exact) mass is 304 g/mol. The molecule has 0 aliphatic rings. The number of thiazole rings is 1. The number of hydrogen-bond donors (Lipinski definition) is 1. The van der Waals surface area contributed by atoms with Crippen molar-refractivity contribution in [2.24, 2.45) is 0 Å². The number of rotatable bonds is 3. The summed E-state index contributed by atoms with van der Waals surface area (Å²) in [5.74, 6) is -0.561. The molecule has 0 spiro atoms. The first-order chi connectivity index (χ1) is 9.70. The SMILES string of the molecule is O=C(C=Cc1cccs1)Nc1nc2ccc(F)cc2s1. The number of halogens is 1. The van der Waals surface area contributed by atoms with Gasteiger partial charge in [-0.1, -0.05) is 17.4 Å². The number of amides is 1. The lowest BCUT2D eigenvalue weighted by atomic mass is 10.3. The highest BCUT2D eigenvalue weighted by Crippen LogP contribution is 2.26. The maximum absolute atomic E-state index is 13.1. The molecular weight excluding hydrogens is 295 g/mol. The Hall–Kier alpha value is -2.05. The Bertz CT molecular complexity index is 778. The van der Waals surface area contributed by atoms with E-state index in [0.29, 0.717) is 15.3 Å². The summed E-state index contributed by atoms with van der Waals surface area (Å²) in [4.78, 5) is 17.0. The number of nitrogens with one attached hydrogen (secondary N) is 1. The molecule has 0 fully saturated rings. The highest BCUT2D eigenvalue weighted by Gasteiger charge is 2.06. The molecule has 100 valence electrons. The summed E-state index contributed by atoms with van der Waals surface area (Å²) in [6, 6.07) is 8.20. The van der Waals surface area contributed by atoms with Gasteiger partial charge in [0.05, 0.1) is 10.2 Å². The third-order valence-electron chi connectivity index (χ3n) is 2.52. The van der Waals surface area contributed by atoms with E-state index in [2.05, 4.69) is 10.3 Å². The molecule has 2 aromatic heterocycles. The molecule has 20 heavy (non-hydrogen) atoms. The van der Waals surface area contributed by atoms with Gasteiger partial charge in [-0.15, -0.1) is 11.3 Å². The normalized spacial score (nSPS) is 11.2. The van der Waals surface area contributed by atoms with Crippen molar-refractivity contribution in [3.8, 4) is 0 Å². The summed E-state index contributed by atoms with van der Waals surface area (Å²) in [6.45, 7) is 0. The van der Waals surface area contributed by atoms with Gasteiger partial charge in [0.25, 0.3) is 0 Å². The maximum atomic E-state index is 13.1. The molecule has 3 nitrogen and oxygen atoms in total. The fourth-order valence-electron chi connectivity index (χ4n) is 1.64. The quantitative estimate of drug-likeness (QED) is 0.739. The van der Waals surface area contributed by atoms with Crippen LogP contribution < -0.4 is 5.32 Å². The molecule has 0 bridgehead atoms. The van der Waals surface area contributed by atoms with Gasteiger partial charge in [0.2, 0.25) is 5.91 Å². The summed E-state index contributed by atoms with van der Waals surface area (Å²) in [5, 5.41) is 5.09. The number of fused-ring (bicyclic) bond motifs is 1. The highest BCUT2D eigenvalue weighted by molar-refractivity contribution is 7.22. The van der Waals surface area contributed by atoms with E-state index in [-0.39, 0.29) is 11.7 Å². The number of nitrogens with zero attached hydrogens (tertiary/aromatic N) is 1. The Morgan fingerprint density at radius 1 is 1.35 bits per heavy atom. The van der Waals surface area contributed by atoms with Gasteiger partial charge in [0.15, 0.2) is 5.13 Å². The van der Waals surface area contributed by atoms with Gasteiger partial charge in [-0.3, -0.25) is 10.1 Å². The minimum atomic E-state index is -0.309. The van der Waals surface area contributed by atoms with E-state index in [4.69, 9.17) is 0 Å². The predicted molar refractivity (Wildman–Crippen MR) is 81.6 cm³/mol. The standard InChI is InChI=1S/C14H9FN2OS2/c15-9-3-5-11-12(8-9)20-14(16-11)17-13(18)6-4-10-2-1-7-19-10/h1-8H,(H,16,17,18). The van der Waals surface area contributed by atoms with Gasteiger partial charge in [-0.05, 0) is 35.7 Å². The van der Waals surface area contributed by atoms with Crippen LogP contribution in [0.2, 0.25) is 0 Å². The van der Waals surface area contributed by atoms with Crippen molar-refractivity contribution in [2.45, 2.75) is 0 Å². The van der Waals surface area contributed by atoms with Gasteiger partial charge in [-0.25, -0.2) is 9.37 Å². The molecule has 0 radical (unpaired) electrons.